The lowest BCUT2D eigenvalue weighted by atomic mass is 9.93. The van der Waals surface area contributed by atoms with Crippen LogP contribution in [0.4, 0.5) is 4.79 Å². The number of aliphatic hydroxyl groups is 1. The van der Waals surface area contributed by atoms with Crippen LogP contribution in [-0.4, -0.2) is 103 Å². The van der Waals surface area contributed by atoms with Crippen LogP contribution in [0.2, 0.25) is 0 Å². The van der Waals surface area contributed by atoms with Crippen LogP contribution >= 0.6 is 22.6 Å². The number of nitrogens with zero attached hydrogens (tertiary/aromatic N) is 2. The molecule has 248 valence electrons. The molecule has 0 bridgehead atoms. The Balaban J connectivity index is 1.44. The van der Waals surface area contributed by atoms with Crippen LogP contribution in [0.15, 0.2) is 47.4 Å². The lowest BCUT2D eigenvalue weighted by Gasteiger charge is -2.39. The zero-order chi connectivity index (χ0) is 32.1. The topological polar surface area (TPSA) is 144 Å². The van der Waals surface area contributed by atoms with Gasteiger partial charge < -0.3 is 33.9 Å². The fraction of sp³-hybridized carbons (Fsp3) is 0.581. The van der Waals surface area contributed by atoms with Crippen molar-refractivity contribution in [2.75, 3.05) is 44.1 Å². The average molecular weight is 761 g/mol. The first-order chi connectivity index (χ1) is 21.6. The van der Waals surface area contributed by atoms with Crippen molar-refractivity contribution in [3.63, 3.8) is 0 Å². The predicted molar refractivity (Wildman–Crippen MR) is 173 cm³/mol. The number of rotatable bonds is 15. The van der Waals surface area contributed by atoms with Crippen molar-refractivity contribution in [1.82, 2.24) is 9.21 Å². The summed E-state index contributed by atoms with van der Waals surface area (Å²) in [6, 6.07) is 10.2. The fourth-order valence-corrected chi connectivity index (χ4v) is 8.03. The van der Waals surface area contributed by atoms with Gasteiger partial charge in [0.05, 0.1) is 42.9 Å². The van der Waals surface area contributed by atoms with E-state index in [9.17, 15) is 23.4 Å². The van der Waals surface area contributed by atoms with Crippen molar-refractivity contribution in [3.8, 4) is 17.2 Å². The van der Waals surface area contributed by atoms with Gasteiger partial charge in [-0.15, -0.1) is 0 Å². The molecule has 3 aliphatic rings. The standard InChI is InChI=1S/C31H41IN2O10S/c1-20(2)16-33(45(38,39)23-8-9-28-29(15-23)44-19-43-28)17-27(35)25(14-21-4-6-22(7-5-21)40-12-3-11-32)34(31(36)37)26-18-42-30-24(26)10-13-41-30/h4-9,15,20,24-27,30,35H,3,10-14,16-19H2,1-2H3,(H,36,37)/t24-,25-,26-,27+,30+/m0/s1. The van der Waals surface area contributed by atoms with Crippen LogP contribution in [0, 0.1) is 11.8 Å². The number of halogens is 1. The fourth-order valence-electron chi connectivity index (χ4n) is 6.08. The van der Waals surface area contributed by atoms with E-state index in [2.05, 4.69) is 22.6 Å². The summed E-state index contributed by atoms with van der Waals surface area (Å²) in [4.78, 5) is 14.2. The Kier molecular flexibility index (Phi) is 11.3. The number of ether oxygens (including phenoxy) is 5. The van der Waals surface area contributed by atoms with E-state index < -0.39 is 40.6 Å². The number of sulfonamides is 1. The van der Waals surface area contributed by atoms with Gasteiger partial charge in [0, 0.05) is 29.5 Å². The van der Waals surface area contributed by atoms with Crippen LogP contribution in [-0.2, 0) is 25.9 Å². The third-order valence-electron chi connectivity index (χ3n) is 8.24. The number of carboxylic acid groups (broad SMARTS) is 1. The van der Waals surface area contributed by atoms with E-state index in [1.165, 1.54) is 21.3 Å². The molecule has 3 aliphatic heterocycles. The molecule has 0 aliphatic carbocycles. The third kappa shape index (κ3) is 7.96. The van der Waals surface area contributed by atoms with Crippen LogP contribution < -0.4 is 14.2 Å². The molecule has 2 aromatic carbocycles. The van der Waals surface area contributed by atoms with Crippen molar-refractivity contribution in [3.05, 3.63) is 48.0 Å². The zero-order valence-electron chi connectivity index (χ0n) is 25.4. The van der Waals surface area contributed by atoms with Gasteiger partial charge in [-0.2, -0.15) is 4.31 Å². The van der Waals surface area contributed by atoms with Crippen molar-refractivity contribution >= 4 is 38.7 Å². The molecule has 0 radical (unpaired) electrons. The summed E-state index contributed by atoms with van der Waals surface area (Å²) in [6.07, 6.45) is -1.39. The summed E-state index contributed by atoms with van der Waals surface area (Å²) in [6.45, 7) is 4.74. The number of aliphatic hydroxyl groups excluding tert-OH is 1. The normalized spacial score (nSPS) is 22.0. The predicted octanol–water partition coefficient (Wildman–Crippen LogP) is 3.98. The molecule has 0 aromatic heterocycles. The lowest BCUT2D eigenvalue weighted by Crippen LogP contribution is -2.57. The average Bonchev–Trinajstić information content (AvgIpc) is 3.75. The Morgan fingerprint density at radius 2 is 1.84 bits per heavy atom. The van der Waals surface area contributed by atoms with E-state index in [0.717, 1.165) is 16.4 Å². The molecular formula is C31H41IN2O10S. The smallest absolute Gasteiger partial charge is 0.407 e. The minimum Gasteiger partial charge on any atom is -0.494 e. The van der Waals surface area contributed by atoms with Gasteiger partial charge in [0.2, 0.25) is 16.8 Å². The maximum Gasteiger partial charge on any atom is 0.407 e. The second kappa shape index (κ2) is 15.0. The van der Waals surface area contributed by atoms with Crippen LogP contribution in [0.5, 0.6) is 17.2 Å². The monoisotopic (exact) mass is 760 g/mol. The number of amides is 1. The van der Waals surface area contributed by atoms with Gasteiger partial charge in [0.25, 0.3) is 0 Å². The van der Waals surface area contributed by atoms with E-state index in [1.54, 1.807) is 6.07 Å². The van der Waals surface area contributed by atoms with E-state index in [1.807, 2.05) is 38.1 Å². The zero-order valence-corrected chi connectivity index (χ0v) is 28.4. The summed E-state index contributed by atoms with van der Waals surface area (Å²) in [7, 11) is -4.11. The van der Waals surface area contributed by atoms with Crippen LogP contribution in [0.25, 0.3) is 0 Å². The number of alkyl halides is 1. The highest BCUT2D eigenvalue weighted by Gasteiger charge is 2.49. The first-order valence-corrected chi connectivity index (χ1v) is 18.1. The minimum atomic E-state index is -4.11. The molecule has 0 saturated carbocycles. The molecule has 14 heteroatoms. The van der Waals surface area contributed by atoms with Crippen molar-refractivity contribution in [2.45, 2.75) is 62.5 Å². The first kappa shape index (κ1) is 34.0. The maximum atomic E-state index is 14.0. The van der Waals surface area contributed by atoms with Crippen LogP contribution in [0.3, 0.4) is 0 Å². The van der Waals surface area contributed by atoms with Gasteiger partial charge in [-0.05, 0) is 55.0 Å². The van der Waals surface area contributed by atoms with Gasteiger partial charge in [-0.25, -0.2) is 13.2 Å². The van der Waals surface area contributed by atoms with E-state index in [-0.39, 0.29) is 49.6 Å². The van der Waals surface area contributed by atoms with Gasteiger partial charge in [0.15, 0.2) is 17.8 Å². The molecule has 2 aromatic rings. The molecule has 45 heavy (non-hydrogen) atoms. The highest BCUT2D eigenvalue weighted by Crippen LogP contribution is 2.37. The molecule has 0 spiro atoms. The lowest BCUT2D eigenvalue weighted by molar-refractivity contribution is -0.0906. The van der Waals surface area contributed by atoms with E-state index in [4.69, 9.17) is 23.7 Å². The summed E-state index contributed by atoms with van der Waals surface area (Å²) in [5, 5.41) is 22.4. The second-order valence-electron chi connectivity index (χ2n) is 11.9. The number of fused-ring (bicyclic) bond motifs is 2. The molecule has 12 nitrogen and oxygen atoms in total. The minimum absolute atomic E-state index is 0.000430. The summed E-state index contributed by atoms with van der Waals surface area (Å²) in [5.41, 5.74) is 0.777. The molecule has 3 heterocycles. The SMILES string of the molecule is CC(C)CN(C[C@@H](O)[C@H](Cc1ccc(OCCCI)cc1)N(C(=O)O)[C@H]1CO[C@H]2OCC[C@H]21)S(=O)(=O)c1ccc2c(c1)OCO2. The second-order valence-corrected chi connectivity index (χ2v) is 14.9. The number of benzene rings is 2. The molecule has 5 rings (SSSR count). The largest absolute Gasteiger partial charge is 0.494 e. The molecule has 2 fully saturated rings. The van der Waals surface area contributed by atoms with E-state index in [0.29, 0.717) is 36.9 Å². The summed E-state index contributed by atoms with van der Waals surface area (Å²) >= 11 is 2.30. The molecule has 2 N–H and O–H groups in total. The van der Waals surface area contributed by atoms with Crippen molar-refractivity contribution < 1.29 is 47.1 Å². The molecule has 0 unspecified atom stereocenters. The summed E-state index contributed by atoms with van der Waals surface area (Å²) in [5.74, 6) is 1.22. The Hall–Kier alpha value is -2.37. The number of hydrogen-bond acceptors (Lipinski definition) is 9. The van der Waals surface area contributed by atoms with Gasteiger partial charge in [0.1, 0.15) is 5.75 Å². The first-order valence-electron chi connectivity index (χ1n) is 15.2. The molecular weight excluding hydrogens is 719 g/mol. The van der Waals surface area contributed by atoms with Crippen molar-refractivity contribution in [1.29, 1.82) is 0 Å². The molecule has 1 amide bonds. The third-order valence-corrected chi connectivity index (χ3v) is 10.8. The Morgan fingerprint density at radius 1 is 1.09 bits per heavy atom. The molecule has 5 atom stereocenters. The number of carbonyl (C=O) groups is 1. The van der Waals surface area contributed by atoms with Gasteiger partial charge in [-0.3, -0.25) is 4.90 Å². The van der Waals surface area contributed by atoms with Gasteiger partial charge in [-0.1, -0.05) is 48.6 Å². The van der Waals surface area contributed by atoms with E-state index >= 15 is 0 Å². The Labute approximate surface area is 277 Å². The highest BCUT2D eigenvalue weighted by atomic mass is 127. The van der Waals surface area contributed by atoms with Crippen molar-refractivity contribution in [2.24, 2.45) is 11.8 Å². The Bertz CT molecular complexity index is 1410. The van der Waals surface area contributed by atoms with Crippen LogP contribution in [0.1, 0.15) is 32.3 Å². The quantitative estimate of drug-likeness (QED) is 0.156. The Morgan fingerprint density at radius 3 is 2.56 bits per heavy atom. The highest BCUT2D eigenvalue weighted by molar-refractivity contribution is 14.1. The van der Waals surface area contributed by atoms with Gasteiger partial charge >= 0.3 is 6.09 Å². The molecule has 2 saturated heterocycles. The summed E-state index contributed by atoms with van der Waals surface area (Å²) < 4.78 is 58.1. The maximum absolute atomic E-state index is 14.0. The number of hydrogen-bond donors (Lipinski definition) is 2.